The lowest BCUT2D eigenvalue weighted by molar-refractivity contribution is -0.130. The molecule has 1 saturated carbocycles. The second kappa shape index (κ2) is 4.22. The quantitative estimate of drug-likeness (QED) is 0.693. The number of nitriles is 1. The lowest BCUT2D eigenvalue weighted by Crippen LogP contribution is -2.38. The molecular weight excluding hydrogens is 188 g/mol. The molecule has 0 spiro atoms. The second-order valence-corrected chi connectivity index (χ2v) is 4.86. The summed E-state index contributed by atoms with van der Waals surface area (Å²) in [5, 5.41) is 8.82. The molecule has 1 aliphatic heterocycles. The summed E-state index contributed by atoms with van der Waals surface area (Å²) in [5.74, 6) is 0.786. The van der Waals surface area contributed by atoms with Crippen LogP contribution in [0.1, 0.15) is 39.0 Å². The zero-order valence-electron chi connectivity index (χ0n) is 9.28. The molecule has 0 radical (unpaired) electrons. The monoisotopic (exact) mass is 206 g/mol. The van der Waals surface area contributed by atoms with E-state index in [1.165, 1.54) is 25.7 Å². The third-order valence-corrected chi connectivity index (χ3v) is 3.91. The topological polar surface area (TPSA) is 44.1 Å². The minimum Gasteiger partial charge on any atom is -0.338 e. The first kappa shape index (κ1) is 10.5. The van der Waals surface area contributed by atoms with Gasteiger partial charge in [-0.3, -0.25) is 4.79 Å². The lowest BCUT2D eigenvalue weighted by Gasteiger charge is -2.29. The zero-order valence-corrected chi connectivity index (χ0v) is 9.28. The van der Waals surface area contributed by atoms with Crippen LogP contribution in [0.3, 0.4) is 0 Å². The molecule has 1 saturated heterocycles. The van der Waals surface area contributed by atoms with E-state index < -0.39 is 0 Å². The molecule has 2 atom stereocenters. The Morgan fingerprint density at radius 2 is 2.13 bits per heavy atom. The Balaban J connectivity index is 1.98. The predicted molar refractivity (Wildman–Crippen MR) is 56.9 cm³/mol. The van der Waals surface area contributed by atoms with Crippen molar-refractivity contribution in [3.63, 3.8) is 0 Å². The van der Waals surface area contributed by atoms with Crippen LogP contribution in [0.2, 0.25) is 0 Å². The first-order chi connectivity index (χ1) is 7.22. The van der Waals surface area contributed by atoms with Gasteiger partial charge in [-0.05, 0) is 25.7 Å². The minimum atomic E-state index is -0.0682. The van der Waals surface area contributed by atoms with Crippen LogP contribution in [0.5, 0.6) is 0 Å². The molecule has 2 rings (SSSR count). The average molecular weight is 206 g/mol. The van der Waals surface area contributed by atoms with Crippen molar-refractivity contribution >= 4 is 5.91 Å². The molecule has 3 nitrogen and oxygen atoms in total. The largest absolute Gasteiger partial charge is 0.338 e. The molecule has 1 heterocycles. The van der Waals surface area contributed by atoms with Crippen LogP contribution in [0.4, 0.5) is 0 Å². The van der Waals surface area contributed by atoms with Gasteiger partial charge in [-0.1, -0.05) is 12.8 Å². The molecule has 2 fully saturated rings. The van der Waals surface area contributed by atoms with Crippen molar-refractivity contribution in [2.45, 2.75) is 45.1 Å². The lowest BCUT2D eigenvalue weighted by atomic mass is 9.98. The van der Waals surface area contributed by atoms with Gasteiger partial charge in [0, 0.05) is 19.0 Å². The van der Waals surface area contributed by atoms with Gasteiger partial charge in [0.05, 0.1) is 12.0 Å². The summed E-state index contributed by atoms with van der Waals surface area (Å²) in [6.45, 7) is 2.81. The van der Waals surface area contributed by atoms with E-state index in [0.717, 1.165) is 0 Å². The normalized spacial score (nSPS) is 29.5. The third-order valence-electron chi connectivity index (χ3n) is 3.91. The summed E-state index contributed by atoms with van der Waals surface area (Å²) >= 11 is 0. The summed E-state index contributed by atoms with van der Waals surface area (Å²) in [5.41, 5.74) is 0. The highest BCUT2D eigenvalue weighted by Gasteiger charge is 2.36. The van der Waals surface area contributed by atoms with Crippen molar-refractivity contribution in [1.82, 2.24) is 4.90 Å². The Hall–Kier alpha value is -1.04. The van der Waals surface area contributed by atoms with Gasteiger partial charge >= 0.3 is 0 Å². The fourth-order valence-electron chi connectivity index (χ4n) is 2.91. The van der Waals surface area contributed by atoms with Crippen LogP contribution in [-0.4, -0.2) is 23.4 Å². The standard InChI is InChI=1S/C12H18N2O/c1-9(11-4-2-3-5-11)14-8-10(7-13)6-12(14)15/h9-11H,2-6,8H2,1H3. The summed E-state index contributed by atoms with van der Waals surface area (Å²) in [7, 11) is 0. The molecule has 15 heavy (non-hydrogen) atoms. The highest BCUT2D eigenvalue weighted by atomic mass is 16.2. The summed E-state index contributed by atoms with van der Waals surface area (Å²) in [4.78, 5) is 13.7. The van der Waals surface area contributed by atoms with E-state index in [2.05, 4.69) is 13.0 Å². The van der Waals surface area contributed by atoms with Crippen LogP contribution >= 0.6 is 0 Å². The van der Waals surface area contributed by atoms with Crippen molar-refractivity contribution in [2.75, 3.05) is 6.54 Å². The molecule has 0 aromatic carbocycles. The van der Waals surface area contributed by atoms with Crippen LogP contribution in [-0.2, 0) is 4.79 Å². The smallest absolute Gasteiger partial charge is 0.224 e. The maximum absolute atomic E-state index is 11.7. The number of nitrogens with zero attached hydrogens (tertiary/aromatic N) is 2. The van der Waals surface area contributed by atoms with Gasteiger partial charge in [-0.25, -0.2) is 0 Å². The second-order valence-electron chi connectivity index (χ2n) is 4.86. The van der Waals surface area contributed by atoms with Crippen molar-refractivity contribution in [2.24, 2.45) is 11.8 Å². The van der Waals surface area contributed by atoms with Gasteiger partial charge < -0.3 is 4.90 Å². The third kappa shape index (κ3) is 1.99. The van der Waals surface area contributed by atoms with Crippen LogP contribution in [0.25, 0.3) is 0 Å². The van der Waals surface area contributed by atoms with E-state index in [-0.39, 0.29) is 11.8 Å². The number of hydrogen-bond acceptors (Lipinski definition) is 2. The molecule has 3 heteroatoms. The Bertz CT molecular complexity index is 288. The summed E-state index contributed by atoms with van der Waals surface area (Å²) < 4.78 is 0. The number of rotatable bonds is 2. The zero-order chi connectivity index (χ0) is 10.8. The van der Waals surface area contributed by atoms with E-state index in [1.807, 2.05) is 4.90 Å². The summed E-state index contributed by atoms with van der Waals surface area (Å²) in [6, 6.07) is 2.55. The van der Waals surface area contributed by atoms with Gasteiger partial charge in [0.15, 0.2) is 0 Å². The number of carbonyl (C=O) groups excluding carboxylic acids is 1. The Kier molecular flexibility index (Phi) is 2.95. The van der Waals surface area contributed by atoms with E-state index in [0.29, 0.717) is 24.9 Å². The van der Waals surface area contributed by atoms with E-state index in [4.69, 9.17) is 5.26 Å². The Morgan fingerprint density at radius 3 is 2.67 bits per heavy atom. The molecule has 2 unspecified atom stereocenters. The first-order valence-electron chi connectivity index (χ1n) is 5.91. The van der Waals surface area contributed by atoms with E-state index >= 15 is 0 Å². The molecule has 0 aromatic heterocycles. The summed E-state index contributed by atoms with van der Waals surface area (Å²) in [6.07, 6.45) is 5.55. The number of carbonyl (C=O) groups is 1. The average Bonchev–Trinajstić information content (AvgIpc) is 2.85. The minimum absolute atomic E-state index is 0.0682. The molecule has 2 aliphatic rings. The van der Waals surface area contributed by atoms with Crippen LogP contribution in [0, 0.1) is 23.2 Å². The Morgan fingerprint density at radius 1 is 1.47 bits per heavy atom. The first-order valence-corrected chi connectivity index (χ1v) is 5.91. The van der Waals surface area contributed by atoms with Gasteiger partial charge in [-0.15, -0.1) is 0 Å². The molecule has 0 N–H and O–H groups in total. The number of hydrogen-bond donors (Lipinski definition) is 0. The Labute approximate surface area is 91.1 Å². The predicted octanol–water partition coefficient (Wildman–Crippen LogP) is 1.94. The van der Waals surface area contributed by atoms with E-state index in [1.54, 1.807) is 0 Å². The molecule has 1 amide bonds. The van der Waals surface area contributed by atoms with Crippen molar-refractivity contribution in [3.05, 3.63) is 0 Å². The number of amides is 1. The van der Waals surface area contributed by atoms with Gasteiger partial charge in [0.2, 0.25) is 5.91 Å². The van der Waals surface area contributed by atoms with Gasteiger partial charge in [0.25, 0.3) is 0 Å². The molecule has 1 aliphatic carbocycles. The highest BCUT2D eigenvalue weighted by molar-refractivity contribution is 5.79. The maximum atomic E-state index is 11.7. The maximum Gasteiger partial charge on any atom is 0.224 e. The van der Waals surface area contributed by atoms with E-state index in [9.17, 15) is 4.79 Å². The SMILES string of the molecule is CC(C1CCCC1)N1CC(C#N)CC1=O. The van der Waals surface area contributed by atoms with Gasteiger partial charge in [0.1, 0.15) is 0 Å². The van der Waals surface area contributed by atoms with Crippen LogP contribution in [0.15, 0.2) is 0 Å². The van der Waals surface area contributed by atoms with Gasteiger partial charge in [-0.2, -0.15) is 5.26 Å². The van der Waals surface area contributed by atoms with Crippen molar-refractivity contribution in [1.29, 1.82) is 5.26 Å². The molecule has 82 valence electrons. The molecule has 0 aromatic rings. The van der Waals surface area contributed by atoms with Crippen molar-refractivity contribution < 1.29 is 4.79 Å². The molecule has 0 bridgehead atoms. The highest BCUT2D eigenvalue weighted by Crippen LogP contribution is 2.32. The van der Waals surface area contributed by atoms with Crippen LogP contribution < -0.4 is 0 Å². The number of likely N-dealkylation sites (tertiary alicyclic amines) is 1. The fraction of sp³-hybridized carbons (Fsp3) is 0.833. The van der Waals surface area contributed by atoms with Crippen molar-refractivity contribution in [3.8, 4) is 6.07 Å². The molecular formula is C12H18N2O. The fourth-order valence-corrected chi connectivity index (χ4v) is 2.91.